The Kier molecular flexibility index (Phi) is 5.51. The number of hydrogen-bond donors (Lipinski definition) is 1. The van der Waals surface area contributed by atoms with Crippen LogP contribution in [-0.4, -0.2) is 18.5 Å². The van der Waals surface area contributed by atoms with Gasteiger partial charge in [0, 0.05) is 19.1 Å². The van der Waals surface area contributed by atoms with Crippen molar-refractivity contribution in [3.05, 3.63) is 69.4 Å². The summed E-state index contributed by atoms with van der Waals surface area (Å²) < 4.78 is 14.2. The fraction of sp³-hybridized carbons (Fsp3) is 0.294. The predicted molar refractivity (Wildman–Crippen MR) is 88.5 cm³/mol. The summed E-state index contributed by atoms with van der Waals surface area (Å²) in [5.41, 5.74) is 9.26. The van der Waals surface area contributed by atoms with Gasteiger partial charge in [-0.15, -0.1) is 0 Å². The lowest BCUT2D eigenvalue weighted by Gasteiger charge is -2.27. The molecule has 0 saturated heterocycles. The molecular weight excluding hydrogens is 331 g/mol. The molecule has 0 aliphatic carbocycles. The maximum atomic E-state index is 13.7. The van der Waals surface area contributed by atoms with E-state index in [-0.39, 0.29) is 11.9 Å². The van der Waals surface area contributed by atoms with Crippen molar-refractivity contribution in [1.82, 2.24) is 4.90 Å². The Morgan fingerprint density at radius 2 is 1.86 bits per heavy atom. The number of rotatable bonds is 5. The minimum absolute atomic E-state index is 0.00565. The first-order valence-corrected chi connectivity index (χ1v) is 7.71. The Bertz CT molecular complexity index is 598. The summed E-state index contributed by atoms with van der Waals surface area (Å²) in [7, 11) is 2.01. The Hall–Kier alpha value is -1.23. The maximum Gasteiger partial charge on any atom is 0.137 e. The third-order valence-corrected chi connectivity index (χ3v) is 4.28. The Morgan fingerprint density at radius 3 is 2.43 bits per heavy atom. The first-order chi connectivity index (χ1) is 10.0. The van der Waals surface area contributed by atoms with Gasteiger partial charge in [-0.25, -0.2) is 4.39 Å². The van der Waals surface area contributed by atoms with Crippen LogP contribution in [0.1, 0.15) is 22.7 Å². The van der Waals surface area contributed by atoms with Crippen molar-refractivity contribution in [1.29, 1.82) is 0 Å². The summed E-state index contributed by atoms with van der Waals surface area (Å²) in [6.07, 6.45) is 0. The second-order valence-corrected chi connectivity index (χ2v) is 6.18. The molecule has 0 aliphatic rings. The van der Waals surface area contributed by atoms with Gasteiger partial charge in [0.1, 0.15) is 5.82 Å². The van der Waals surface area contributed by atoms with Crippen molar-refractivity contribution in [2.75, 3.05) is 13.6 Å². The molecule has 2 nitrogen and oxygen atoms in total. The van der Waals surface area contributed by atoms with Crippen LogP contribution in [0.3, 0.4) is 0 Å². The molecule has 0 aromatic heterocycles. The zero-order valence-corrected chi connectivity index (χ0v) is 13.9. The van der Waals surface area contributed by atoms with E-state index in [0.29, 0.717) is 11.0 Å². The summed E-state index contributed by atoms with van der Waals surface area (Å²) in [4.78, 5) is 2.15. The van der Waals surface area contributed by atoms with Crippen LogP contribution in [0.15, 0.2) is 46.9 Å². The summed E-state index contributed by atoms with van der Waals surface area (Å²) in [6, 6.07) is 13.6. The van der Waals surface area contributed by atoms with Gasteiger partial charge in [0.2, 0.25) is 0 Å². The number of benzene rings is 2. The number of halogens is 2. The molecule has 2 aromatic rings. The van der Waals surface area contributed by atoms with Gasteiger partial charge in [0.15, 0.2) is 0 Å². The molecule has 4 heteroatoms. The van der Waals surface area contributed by atoms with Gasteiger partial charge in [0.25, 0.3) is 0 Å². The SMILES string of the molecule is Cc1ccc(CN(C)C(CN)c2ccc(Br)c(F)c2)cc1. The molecule has 2 rings (SSSR count). The molecule has 2 N–H and O–H groups in total. The Balaban J connectivity index is 2.15. The van der Waals surface area contributed by atoms with E-state index in [1.807, 2.05) is 13.1 Å². The summed E-state index contributed by atoms with van der Waals surface area (Å²) in [5, 5.41) is 0. The summed E-state index contributed by atoms with van der Waals surface area (Å²) in [6.45, 7) is 3.30. The van der Waals surface area contributed by atoms with Crippen molar-refractivity contribution in [2.24, 2.45) is 5.73 Å². The van der Waals surface area contributed by atoms with Crippen molar-refractivity contribution in [3.63, 3.8) is 0 Å². The highest BCUT2D eigenvalue weighted by Crippen LogP contribution is 2.24. The number of hydrogen-bond acceptors (Lipinski definition) is 2. The average Bonchev–Trinajstić information content (AvgIpc) is 2.46. The lowest BCUT2D eigenvalue weighted by molar-refractivity contribution is 0.241. The minimum Gasteiger partial charge on any atom is -0.329 e. The second kappa shape index (κ2) is 7.16. The van der Waals surface area contributed by atoms with Gasteiger partial charge in [0.05, 0.1) is 4.47 Å². The molecular formula is C17H20BrFN2. The van der Waals surface area contributed by atoms with Crippen molar-refractivity contribution < 1.29 is 4.39 Å². The van der Waals surface area contributed by atoms with Crippen molar-refractivity contribution in [3.8, 4) is 0 Å². The fourth-order valence-electron chi connectivity index (χ4n) is 2.38. The van der Waals surface area contributed by atoms with Crippen LogP contribution < -0.4 is 5.73 Å². The van der Waals surface area contributed by atoms with Crippen molar-refractivity contribution >= 4 is 15.9 Å². The molecule has 112 valence electrons. The molecule has 0 aliphatic heterocycles. The largest absolute Gasteiger partial charge is 0.329 e. The number of likely N-dealkylation sites (N-methyl/N-ethyl adjacent to an activating group) is 1. The molecule has 1 atom stereocenters. The zero-order chi connectivity index (χ0) is 15.4. The molecule has 0 heterocycles. The van der Waals surface area contributed by atoms with Crippen LogP contribution in [0, 0.1) is 12.7 Å². The van der Waals surface area contributed by atoms with E-state index in [1.54, 1.807) is 12.1 Å². The molecule has 0 spiro atoms. The van der Waals surface area contributed by atoms with Gasteiger partial charge in [-0.1, -0.05) is 35.9 Å². The van der Waals surface area contributed by atoms with E-state index < -0.39 is 0 Å². The summed E-state index contributed by atoms with van der Waals surface area (Å²) >= 11 is 3.18. The highest BCUT2D eigenvalue weighted by molar-refractivity contribution is 9.10. The molecule has 0 saturated carbocycles. The third-order valence-electron chi connectivity index (χ3n) is 3.64. The minimum atomic E-state index is -0.255. The lowest BCUT2D eigenvalue weighted by atomic mass is 10.0. The van der Waals surface area contributed by atoms with E-state index in [1.165, 1.54) is 11.1 Å². The van der Waals surface area contributed by atoms with Crippen LogP contribution in [0.2, 0.25) is 0 Å². The Labute approximate surface area is 133 Å². The highest BCUT2D eigenvalue weighted by atomic mass is 79.9. The van der Waals surface area contributed by atoms with Crippen LogP contribution in [0.25, 0.3) is 0 Å². The van der Waals surface area contributed by atoms with E-state index in [4.69, 9.17) is 5.73 Å². The normalized spacial score (nSPS) is 12.7. The van der Waals surface area contributed by atoms with Gasteiger partial charge in [-0.3, -0.25) is 4.90 Å². The molecule has 2 aromatic carbocycles. The molecule has 0 amide bonds. The summed E-state index contributed by atoms with van der Waals surface area (Å²) in [5.74, 6) is -0.255. The number of nitrogens with two attached hydrogens (primary N) is 1. The Morgan fingerprint density at radius 1 is 1.19 bits per heavy atom. The monoisotopic (exact) mass is 350 g/mol. The van der Waals surface area contributed by atoms with Gasteiger partial charge in [-0.05, 0) is 53.2 Å². The smallest absolute Gasteiger partial charge is 0.137 e. The van der Waals surface area contributed by atoms with Gasteiger partial charge >= 0.3 is 0 Å². The van der Waals surface area contributed by atoms with E-state index in [0.717, 1.165) is 12.1 Å². The maximum absolute atomic E-state index is 13.7. The topological polar surface area (TPSA) is 29.3 Å². The quantitative estimate of drug-likeness (QED) is 0.881. The predicted octanol–water partition coefficient (Wildman–Crippen LogP) is 4.03. The van der Waals surface area contributed by atoms with Crippen LogP contribution in [-0.2, 0) is 6.54 Å². The van der Waals surface area contributed by atoms with Gasteiger partial charge < -0.3 is 5.73 Å². The van der Waals surface area contributed by atoms with Crippen LogP contribution >= 0.6 is 15.9 Å². The van der Waals surface area contributed by atoms with E-state index >= 15 is 0 Å². The first-order valence-electron chi connectivity index (χ1n) is 6.92. The second-order valence-electron chi connectivity index (χ2n) is 5.33. The first kappa shape index (κ1) is 16.1. The van der Waals surface area contributed by atoms with Crippen LogP contribution in [0.4, 0.5) is 4.39 Å². The molecule has 1 unspecified atom stereocenters. The number of nitrogens with zero attached hydrogens (tertiary/aromatic N) is 1. The number of aryl methyl sites for hydroxylation is 1. The van der Waals surface area contributed by atoms with E-state index in [9.17, 15) is 4.39 Å². The fourth-order valence-corrected chi connectivity index (χ4v) is 2.63. The average molecular weight is 351 g/mol. The van der Waals surface area contributed by atoms with E-state index in [2.05, 4.69) is 52.0 Å². The molecule has 0 fully saturated rings. The van der Waals surface area contributed by atoms with Crippen molar-refractivity contribution in [2.45, 2.75) is 19.5 Å². The third kappa shape index (κ3) is 4.13. The lowest BCUT2D eigenvalue weighted by Crippen LogP contribution is -2.30. The standard InChI is InChI=1S/C17H20BrFN2/c1-12-3-5-13(6-4-12)11-21(2)17(10-20)14-7-8-15(18)16(19)9-14/h3-9,17H,10-11,20H2,1-2H3. The zero-order valence-electron chi connectivity index (χ0n) is 12.3. The van der Waals surface area contributed by atoms with Gasteiger partial charge in [-0.2, -0.15) is 0 Å². The molecule has 0 radical (unpaired) electrons. The molecule has 21 heavy (non-hydrogen) atoms. The van der Waals surface area contributed by atoms with Crippen LogP contribution in [0.5, 0.6) is 0 Å². The highest BCUT2D eigenvalue weighted by Gasteiger charge is 2.17. The molecule has 0 bridgehead atoms.